The molecule has 2 aromatic carbocycles. The smallest absolute Gasteiger partial charge is 0.262 e. The molecular weight excluding hydrogens is 302 g/mol. The van der Waals surface area contributed by atoms with Crippen molar-refractivity contribution < 1.29 is 14.3 Å². The molecule has 2 aromatic rings. The van der Waals surface area contributed by atoms with Gasteiger partial charge in [-0.2, -0.15) is 0 Å². The Kier molecular flexibility index (Phi) is 5.67. The van der Waals surface area contributed by atoms with Crippen molar-refractivity contribution in [3.05, 3.63) is 53.1 Å². The Balaban J connectivity index is 1.90. The van der Waals surface area contributed by atoms with E-state index in [0.717, 1.165) is 11.3 Å². The Morgan fingerprint density at radius 1 is 1.14 bits per heavy atom. The van der Waals surface area contributed by atoms with Crippen molar-refractivity contribution in [2.24, 2.45) is 0 Å². The van der Waals surface area contributed by atoms with Crippen LogP contribution in [0.3, 0.4) is 0 Å². The van der Waals surface area contributed by atoms with E-state index in [9.17, 15) is 4.79 Å². The van der Waals surface area contributed by atoms with Crippen LogP contribution in [0.4, 0.5) is 5.69 Å². The normalized spacial score (nSPS) is 10.1. The van der Waals surface area contributed by atoms with Crippen LogP contribution >= 0.6 is 11.6 Å². The average molecular weight is 320 g/mol. The molecule has 0 aliphatic rings. The monoisotopic (exact) mass is 319 g/mol. The number of benzene rings is 2. The Labute approximate surface area is 135 Å². The highest BCUT2D eigenvalue weighted by molar-refractivity contribution is 6.31. The first-order valence-corrected chi connectivity index (χ1v) is 7.38. The maximum atomic E-state index is 11.9. The lowest BCUT2D eigenvalue weighted by Gasteiger charge is -2.10. The zero-order chi connectivity index (χ0) is 15.9. The average Bonchev–Trinajstić information content (AvgIpc) is 2.49. The van der Waals surface area contributed by atoms with Gasteiger partial charge in [-0.15, -0.1) is 0 Å². The number of halogens is 1. The lowest BCUT2D eigenvalue weighted by molar-refractivity contribution is -0.118. The third-order valence-corrected chi connectivity index (χ3v) is 3.35. The fraction of sp³-hybridized carbons (Fsp3) is 0.235. The van der Waals surface area contributed by atoms with E-state index in [1.54, 1.807) is 30.3 Å². The van der Waals surface area contributed by atoms with E-state index in [4.69, 9.17) is 21.1 Å². The van der Waals surface area contributed by atoms with Gasteiger partial charge in [0.25, 0.3) is 5.91 Å². The van der Waals surface area contributed by atoms with Crippen molar-refractivity contribution in [2.45, 2.75) is 13.8 Å². The number of carbonyl (C=O) groups excluding carboxylic acids is 1. The number of aryl methyl sites for hydroxylation is 1. The van der Waals surface area contributed by atoms with Crippen LogP contribution in [0, 0.1) is 6.92 Å². The first-order valence-electron chi connectivity index (χ1n) is 7.00. The van der Waals surface area contributed by atoms with Gasteiger partial charge in [-0.05, 0) is 49.7 Å². The molecule has 0 aliphatic carbocycles. The molecule has 0 radical (unpaired) electrons. The number of nitrogens with one attached hydrogen (secondary N) is 1. The molecule has 0 fully saturated rings. The SMILES string of the molecule is CCOc1cccc(NC(=O)COc2ccc(Cl)c(C)c2)c1. The number of carbonyl (C=O) groups is 1. The largest absolute Gasteiger partial charge is 0.494 e. The number of anilines is 1. The fourth-order valence-corrected chi connectivity index (χ4v) is 2.00. The lowest BCUT2D eigenvalue weighted by Crippen LogP contribution is -2.20. The molecule has 0 saturated heterocycles. The van der Waals surface area contributed by atoms with E-state index < -0.39 is 0 Å². The summed E-state index contributed by atoms with van der Waals surface area (Å²) in [6.45, 7) is 4.30. The summed E-state index contributed by atoms with van der Waals surface area (Å²) in [5, 5.41) is 3.44. The highest BCUT2D eigenvalue weighted by Gasteiger charge is 2.05. The molecule has 0 aliphatic heterocycles. The minimum absolute atomic E-state index is 0.0695. The number of hydrogen-bond acceptors (Lipinski definition) is 3. The number of amides is 1. The molecule has 0 bridgehead atoms. The molecule has 0 aromatic heterocycles. The summed E-state index contributed by atoms with van der Waals surface area (Å²) in [7, 11) is 0. The van der Waals surface area contributed by atoms with E-state index >= 15 is 0 Å². The summed E-state index contributed by atoms with van der Waals surface area (Å²) in [6, 6.07) is 12.5. The number of hydrogen-bond donors (Lipinski definition) is 1. The standard InChI is InChI=1S/C17H18ClNO3/c1-3-21-14-6-4-5-13(10-14)19-17(20)11-22-15-7-8-16(18)12(2)9-15/h4-10H,3,11H2,1-2H3,(H,19,20). The zero-order valence-electron chi connectivity index (χ0n) is 12.6. The minimum atomic E-state index is -0.235. The summed E-state index contributed by atoms with van der Waals surface area (Å²) in [6.07, 6.45) is 0. The van der Waals surface area contributed by atoms with Crippen molar-refractivity contribution >= 4 is 23.2 Å². The molecule has 116 valence electrons. The first kappa shape index (κ1) is 16.2. The molecule has 4 nitrogen and oxygen atoms in total. The molecule has 5 heteroatoms. The van der Waals surface area contributed by atoms with Crippen LogP contribution in [-0.2, 0) is 4.79 Å². The van der Waals surface area contributed by atoms with Crippen LogP contribution in [0.15, 0.2) is 42.5 Å². The van der Waals surface area contributed by atoms with Gasteiger partial charge in [0, 0.05) is 16.8 Å². The highest BCUT2D eigenvalue weighted by Crippen LogP contribution is 2.21. The third-order valence-electron chi connectivity index (χ3n) is 2.93. The van der Waals surface area contributed by atoms with E-state index in [2.05, 4.69) is 5.32 Å². The van der Waals surface area contributed by atoms with Gasteiger partial charge in [0.2, 0.25) is 0 Å². The van der Waals surface area contributed by atoms with Crippen molar-refractivity contribution in [3.63, 3.8) is 0 Å². The second kappa shape index (κ2) is 7.71. The van der Waals surface area contributed by atoms with E-state index in [1.165, 1.54) is 0 Å². The fourth-order valence-electron chi connectivity index (χ4n) is 1.88. The van der Waals surface area contributed by atoms with Crippen LogP contribution in [0.2, 0.25) is 5.02 Å². The number of ether oxygens (including phenoxy) is 2. The molecule has 0 atom stereocenters. The van der Waals surface area contributed by atoms with E-state index in [1.807, 2.05) is 26.0 Å². The first-order chi connectivity index (χ1) is 10.6. The van der Waals surface area contributed by atoms with Gasteiger partial charge >= 0.3 is 0 Å². The molecular formula is C17H18ClNO3. The molecule has 0 heterocycles. The van der Waals surface area contributed by atoms with Crippen LogP contribution < -0.4 is 14.8 Å². The summed E-state index contributed by atoms with van der Waals surface area (Å²) >= 11 is 5.94. The van der Waals surface area contributed by atoms with Crippen molar-refractivity contribution in [1.82, 2.24) is 0 Å². The quantitative estimate of drug-likeness (QED) is 0.873. The van der Waals surface area contributed by atoms with Gasteiger partial charge in [0.05, 0.1) is 6.61 Å². The Bertz CT molecular complexity index is 658. The zero-order valence-corrected chi connectivity index (χ0v) is 13.3. The summed E-state index contributed by atoms with van der Waals surface area (Å²) in [5.41, 5.74) is 1.58. The molecule has 0 spiro atoms. The van der Waals surface area contributed by atoms with Crippen LogP contribution in [0.5, 0.6) is 11.5 Å². The second-order valence-electron chi connectivity index (χ2n) is 4.71. The van der Waals surface area contributed by atoms with Gasteiger partial charge in [-0.1, -0.05) is 17.7 Å². The van der Waals surface area contributed by atoms with Gasteiger partial charge in [0.15, 0.2) is 6.61 Å². The van der Waals surface area contributed by atoms with Crippen LogP contribution in [0.1, 0.15) is 12.5 Å². The molecule has 22 heavy (non-hydrogen) atoms. The summed E-state index contributed by atoms with van der Waals surface area (Å²) < 4.78 is 10.8. The number of rotatable bonds is 6. The molecule has 2 rings (SSSR count). The Morgan fingerprint density at radius 3 is 2.64 bits per heavy atom. The summed E-state index contributed by atoms with van der Waals surface area (Å²) in [4.78, 5) is 11.9. The van der Waals surface area contributed by atoms with Gasteiger partial charge in [-0.3, -0.25) is 4.79 Å². The molecule has 1 amide bonds. The Hall–Kier alpha value is -2.20. The van der Waals surface area contributed by atoms with Crippen LogP contribution in [-0.4, -0.2) is 19.1 Å². The summed E-state index contributed by atoms with van der Waals surface area (Å²) in [5.74, 6) is 1.09. The molecule has 0 unspecified atom stereocenters. The van der Waals surface area contributed by atoms with E-state index in [-0.39, 0.29) is 12.5 Å². The predicted octanol–water partition coefficient (Wildman–Crippen LogP) is 4.06. The lowest BCUT2D eigenvalue weighted by atomic mass is 10.2. The Morgan fingerprint density at radius 2 is 1.91 bits per heavy atom. The van der Waals surface area contributed by atoms with Gasteiger partial charge < -0.3 is 14.8 Å². The topological polar surface area (TPSA) is 47.6 Å². The predicted molar refractivity (Wildman–Crippen MR) is 87.9 cm³/mol. The van der Waals surface area contributed by atoms with Crippen LogP contribution in [0.25, 0.3) is 0 Å². The molecule has 1 N–H and O–H groups in total. The minimum Gasteiger partial charge on any atom is -0.494 e. The van der Waals surface area contributed by atoms with Crippen molar-refractivity contribution in [1.29, 1.82) is 0 Å². The van der Waals surface area contributed by atoms with E-state index in [0.29, 0.717) is 23.1 Å². The van der Waals surface area contributed by atoms with Crippen molar-refractivity contribution in [3.8, 4) is 11.5 Å². The third kappa shape index (κ3) is 4.67. The van der Waals surface area contributed by atoms with Gasteiger partial charge in [-0.25, -0.2) is 0 Å². The van der Waals surface area contributed by atoms with Gasteiger partial charge in [0.1, 0.15) is 11.5 Å². The second-order valence-corrected chi connectivity index (χ2v) is 5.12. The maximum absolute atomic E-state index is 11.9. The van der Waals surface area contributed by atoms with Crippen molar-refractivity contribution in [2.75, 3.05) is 18.5 Å². The molecule has 0 saturated carbocycles. The maximum Gasteiger partial charge on any atom is 0.262 e. The highest BCUT2D eigenvalue weighted by atomic mass is 35.5.